The van der Waals surface area contributed by atoms with Crippen LogP contribution < -0.4 is 5.32 Å². The monoisotopic (exact) mass is 137 g/mol. The highest BCUT2D eigenvalue weighted by Crippen LogP contribution is 1.86. The molecule has 0 aliphatic carbocycles. The number of hydrogen-bond donors (Lipinski definition) is 1. The molecular formula is C9H15N. The van der Waals surface area contributed by atoms with Crippen molar-refractivity contribution >= 4 is 0 Å². The van der Waals surface area contributed by atoms with Gasteiger partial charge in [0, 0.05) is 12.2 Å². The fourth-order valence-corrected chi connectivity index (χ4v) is 0.616. The first-order valence-electron chi connectivity index (χ1n) is 3.51. The van der Waals surface area contributed by atoms with Gasteiger partial charge in [0.05, 0.1) is 0 Å². The Labute approximate surface area is 63.1 Å². The van der Waals surface area contributed by atoms with E-state index < -0.39 is 0 Å². The fraction of sp³-hybridized carbons (Fsp3) is 0.333. The summed E-state index contributed by atoms with van der Waals surface area (Å²) in [4.78, 5) is 0. The summed E-state index contributed by atoms with van der Waals surface area (Å²) in [6, 6.07) is 0. The summed E-state index contributed by atoms with van der Waals surface area (Å²) in [6.07, 6.45) is 7.65. The largest absolute Gasteiger partial charge is 0.389 e. The van der Waals surface area contributed by atoms with Gasteiger partial charge in [-0.15, -0.1) is 0 Å². The second-order valence-electron chi connectivity index (χ2n) is 2.00. The van der Waals surface area contributed by atoms with Crippen LogP contribution in [-0.4, -0.2) is 6.54 Å². The SMILES string of the molecule is C=C/C=C\C=C(/C)NCC. The van der Waals surface area contributed by atoms with Gasteiger partial charge in [0.1, 0.15) is 0 Å². The molecule has 0 radical (unpaired) electrons. The third-order valence-electron chi connectivity index (χ3n) is 1.05. The molecule has 0 aliphatic rings. The Hall–Kier alpha value is -0.980. The minimum absolute atomic E-state index is 0.976. The van der Waals surface area contributed by atoms with Crippen molar-refractivity contribution in [1.29, 1.82) is 0 Å². The molecule has 0 saturated carbocycles. The maximum absolute atomic E-state index is 3.57. The molecule has 1 N–H and O–H groups in total. The molecular weight excluding hydrogens is 122 g/mol. The molecule has 0 bridgehead atoms. The highest BCUT2D eigenvalue weighted by Gasteiger charge is 1.77. The average molecular weight is 137 g/mol. The number of hydrogen-bond acceptors (Lipinski definition) is 1. The van der Waals surface area contributed by atoms with Crippen molar-refractivity contribution < 1.29 is 0 Å². The van der Waals surface area contributed by atoms with E-state index in [0.29, 0.717) is 0 Å². The Morgan fingerprint density at radius 3 is 2.70 bits per heavy atom. The second kappa shape index (κ2) is 6.14. The smallest absolute Gasteiger partial charge is 0.0115 e. The standard InChI is InChI=1S/C9H15N/c1-4-6-7-8-9(3)10-5-2/h4,6-8,10H,1,5H2,2-3H3/b7-6-,9-8+. The third kappa shape index (κ3) is 5.16. The van der Waals surface area contributed by atoms with Crippen LogP contribution in [0.4, 0.5) is 0 Å². The second-order valence-corrected chi connectivity index (χ2v) is 2.00. The maximum atomic E-state index is 3.57. The van der Waals surface area contributed by atoms with Gasteiger partial charge < -0.3 is 5.32 Å². The molecule has 10 heavy (non-hydrogen) atoms. The molecule has 0 saturated heterocycles. The van der Waals surface area contributed by atoms with Crippen molar-refractivity contribution in [2.24, 2.45) is 0 Å². The Morgan fingerprint density at radius 2 is 2.20 bits per heavy atom. The van der Waals surface area contributed by atoms with Gasteiger partial charge in [0.15, 0.2) is 0 Å². The van der Waals surface area contributed by atoms with Crippen LogP contribution in [0, 0.1) is 0 Å². The Bertz CT molecular complexity index is 143. The van der Waals surface area contributed by atoms with Crippen molar-refractivity contribution in [2.45, 2.75) is 13.8 Å². The number of rotatable bonds is 4. The van der Waals surface area contributed by atoms with Crippen LogP contribution in [0.2, 0.25) is 0 Å². The van der Waals surface area contributed by atoms with Crippen molar-refractivity contribution in [3.63, 3.8) is 0 Å². The highest BCUT2D eigenvalue weighted by atomic mass is 14.8. The van der Waals surface area contributed by atoms with Gasteiger partial charge in [-0.3, -0.25) is 0 Å². The Balaban J connectivity index is 3.67. The van der Waals surface area contributed by atoms with E-state index in [1.807, 2.05) is 25.2 Å². The first kappa shape index (κ1) is 9.02. The minimum Gasteiger partial charge on any atom is -0.389 e. The fourth-order valence-electron chi connectivity index (χ4n) is 0.616. The zero-order valence-corrected chi connectivity index (χ0v) is 6.72. The third-order valence-corrected chi connectivity index (χ3v) is 1.05. The summed E-state index contributed by atoms with van der Waals surface area (Å²) in [5.41, 5.74) is 1.18. The molecule has 0 heterocycles. The van der Waals surface area contributed by atoms with Gasteiger partial charge >= 0.3 is 0 Å². The molecule has 1 nitrogen and oxygen atoms in total. The molecule has 0 aromatic rings. The van der Waals surface area contributed by atoms with E-state index in [1.54, 1.807) is 6.08 Å². The molecule has 0 unspecified atom stereocenters. The topological polar surface area (TPSA) is 12.0 Å². The maximum Gasteiger partial charge on any atom is 0.0115 e. The lowest BCUT2D eigenvalue weighted by Crippen LogP contribution is -2.08. The molecule has 0 rings (SSSR count). The number of allylic oxidation sites excluding steroid dienone is 5. The van der Waals surface area contributed by atoms with Gasteiger partial charge in [-0.05, 0) is 19.9 Å². The van der Waals surface area contributed by atoms with Crippen LogP contribution in [0.5, 0.6) is 0 Å². The van der Waals surface area contributed by atoms with Gasteiger partial charge in [0.25, 0.3) is 0 Å². The van der Waals surface area contributed by atoms with Gasteiger partial charge in [0.2, 0.25) is 0 Å². The lowest BCUT2D eigenvalue weighted by Gasteiger charge is -1.98. The van der Waals surface area contributed by atoms with Gasteiger partial charge in [-0.1, -0.05) is 24.8 Å². The summed E-state index contributed by atoms with van der Waals surface area (Å²) in [7, 11) is 0. The molecule has 0 aromatic carbocycles. The first-order chi connectivity index (χ1) is 4.81. The predicted octanol–water partition coefficient (Wildman–Crippen LogP) is 2.24. The molecule has 0 amide bonds. The molecule has 56 valence electrons. The predicted molar refractivity (Wildman–Crippen MR) is 46.8 cm³/mol. The van der Waals surface area contributed by atoms with Crippen LogP contribution in [0.25, 0.3) is 0 Å². The van der Waals surface area contributed by atoms with Crippen LogP contribution in [0.1, 0.15) is 13.8 Å². The van der Waals surface area contributed by atoms with Crippen molar-refractivity contribution in [2.75, 3.05) is 6.54 Å². The van der Waals surface area contributed by atoms with E-state index in [9.17, 15) is 0 Å². The van der Waals surface area contributed by atoms with Crippen molar-refractivity contribution in [3.8, 4) is 0 Å². The van der Waals surface area contributed by atoms with E-state index in [-0.39, 0.29) is 0 Å². The lowest BCUT2D eigenvalue weighted by atomic mass is 10.4. The molecule has 0 aromatic heterocycles. The zero-order chi connectivity index (χ0) is 7.82. The normalized spacial score (nSPS) is 12.0. The lowest BCUT2D eigenvalue weighted by molar-refractivity contribution is 0.854. The summed E-state index contributed by atoms with van der Waals surface area (Å²) in [5, 5.41) is 3.18. The summed E-state index contributed by atoms with van der Waals surface area (Å²) < 4.78 is 0. The van der Waals surface area contributed by atoms with Crippen molar-refractivity contribution in [1.82, 2.24) is 5.32 Å². The quantitative estimate of drug-likeness (QED) is 0.586. The van der Waals surface area contributed by atoms with Crippen LogP contribution in [0.3, 0.4) is 0 Å². The Kier molecular flexibility index (Phi) is 5.54. The Morgan fingerprint density at radius 1 is 1.50 bits per heavy atom. The average Bonchev–Trinajstić information content (AvgIpc) is 1.89. The highest BCUT2D eigenvalue weighted by molar-refractivity contribution is 5.12. The van der Waals surface area contributed by atoms with E-state index in [2.05, 4.69) is 18.8 Å². The zero-order valence-electron chi connectivity index (χ0n) is 6.72. The first-order valence-corrected chi connectivity index (χ1v) is 3.51. The van der Waals surface area contributed by atoms with E-state index in [1.165, 1.54) is 5.70 Å². The molecule has 1 heteroatoms. The summed E-state index contributed by atoms with van der Waals surface area (Å²) >= 11 is 0. The van der Waals surface area contributed by atoms with E-state index in [4.69, 9.17) is 0 Å². The van der Waals surface area contributed by atoms with E-state index >= 15 is 0 Å². The van der Waals surface area contributed by atoms with Crippen molar-refractivity contribution in [3.05, 3.63) is 36.6 Å². The molecule has 0 spiro atoms. The van der Waals surface area contributed by atoms with Crippen LogP contribution in [-0.2, 0) is 0 Å². The van der Waals surface area contributed by atoms with Crippen LogP contribution >= 0.6 is 0 Å². The summed E-state index contributed by atoms with van der Waals surface area (Å²) in [5.74, 6) is 0. The molecule has 0 atom stereocenters. The summed E-state index contributed by atoms with van der Waals surface area (Å²) in [6.45, 7) is 8.66. The van der Waals surface area contributed by atoms with E-state index in [0.717, 1.165) is 6.54 Å². The van der Waals surface area contributed by atoms with Gasteiger partial charge in [-0.25, -0.2) is 0 Å². The van der Waals surface area contributed by atoms with Crippen LogP contribution in [0.15, 0.2) is 36.6 Å². The minimum atomic E-state index is 0.976. The number of nitrogens with one attached hydrogen (secondary N) is 1. The molecule has 0 fully saturated rings. The van der Waals surface area contributed by atoms with Gasteiger partial charge in [-0.2, -0.15) is 0 Å². The molecule has 0 aliphatic heterocycles.